The van der Waals surface area contributed by atoms with E-state index in [1.165, 1.54) is 17.4 Å². The molecule has 29 heavy (non-hydrogen) atoms. The van der Waals surface area contributed by atoms with Crippen molar-refractivity contribution in [2.24, 2.45) is 0 Å². The van der Waals surface area contributed by atoms with Gasteiger partial charge in [-0.15, -0.1) is 11.3 Å². The Balaban J connectivity index is 1.69. The molecule has 1 aliphatic rings. The Bertz CT molecular complexity index is 1260. The summed E-state index contributed by atoms with van der Waals surface area (Å²) < 4.78 is 26.4. The van der Waals surface area contributed by atoms with Crippen molar-refractivity contribution in [2.75, 3.05) is 13.2 Å². The Morgan fingerprint density at radius 3 is 2.93 bits per heavy atom. The third-order valence-electron chi connectivity index (χ3n) is 4.89. The van der Waals surface area contributed by atoms with Crippen LogP contribution < -0.4 is 9.47 Å². The molecule has 1 N–H and O–H groups in total. The lowest BCUT2D eigenvalue weighted by Gasteiger charge is -2.07. The van der Waals surface area contributed by atoms with Crippen molar-refractivity contribution >= 4 is 32.6 Å². The highest BCUT2D eigenvalue weighted by Gasteiger charge is 2.29. The van der Waals surface area contributed by atoms with Gasteiger partial charge in [0.15, 0.2) is 11.6 Å². The van der Waals surface area contributed by atoms with Gasteiger partial charge in [0.25, 0.3) is 0 Å². The van der Waals surface area contributed by atoms with Crippen molar-refractivity contribution in [2.45, 2.75) is 26.4 Å². The number of rotatable bonds is 4. The second kappa shape index (κ2) is 6.89. The zero-order valence-electron chi connectivity index (χ0n) is 15.9. The number of halogens is 1. The third-order valence-corrected chi connectivity index (χ3v) is 6.06. The van der Waals surface area contributed by atoms with Crippen LogP contribution in [0, 0.1) is 12.7 Å². The van der Waals surface area contributed by atoms with Gasteiger partial charge in [-0.2, -0.15) is 0 Å². The number of hydrogen-bond donors (Lipinski definition) is 1. The van der Waals surface area contributed by atoms with Crippen molar-refractivity contribution in [3.8, 4) is 22.2 Å². The maximum atomic E-state index is 14.5. The minimum atomic E-state index is -0.449. The van der Waals surface area contributed by atoms with Gasteiger partial charge in [-0.05, 0) is 31.5 Å². The molecular formula is C21H18FN3O3S. The molecule has 4 aromatic rings. The van der Waals surface area contributed by atoms with Crippen LogP contribution in [0.3, 0.4) is 0 Å². The fourth-order valence-electron chi connectivity index (χ4n) is 3.67. The topological polar surface area (TPSA) is 77.4 Å². The van der Waals surface area contributed by atoms with E-state index in [9.17, 15) is 9.50 Å². The number of benzene rings is 2. The number of nitrogens with zero attached hydrogens (tertiary/aromatic N) is 3. The summed E-state index contributed by atoms with van der Waals surface area (Å²) in [4.78, 5) is 13.8. The third kappa shape index (κ3) is 2.99. The molecule has 0 radical (unpaired) electrons. The summed E-state index contributed by atoms with van der Waals surface area (Å²) in [7, 11) is 0. The number of ether oxygens (including phenoxy) is 2. The van der Waals surface area contributed by atoms with Crippen LogP contribution in [0.4, 0.5) is 4.39 Å². The van der Waals surface area contributed by atoms with Crippen LogP contribution in [0.15, 0.2) is 24.4 Å². The summed E-state index contributed by atoms with van der Waals surface area (Å²) in [6.45, 7) is 4.26. The average Bonchev–Trinajstić information content (AvgIpc) is 3.31. The van der Waals surface area contributed by atoms with Gasteiger partial charge in [0.2, 0.25) is 5.88 Å². The molecule has 0 aliphatic carbocycles. The zero-order chi connectivity index (χ0) is 20.1. The highest BCUT2D eigenvalue weighted by atomic mass is 32.1. The van der Waals surface area contributed by atoms with Gasteiger partial charge in [-0.3, -0.25) is 0 Å². The van der Waals surface area contributed by atoms with Crippen LogP contribution in [0.1, 0.15) is 18.1 Å². The number of thiazole rings is 1. The first-order valence-electron chi connectivity index (χ1n) is 9.37. The van der Waals surface area contributed by atoms with Gasteiger partial charge in [-0.1, -0.05) is 0 Å². The summed E-state index contributed by atoms with van der Waals surface area (Å²) >= 11 is 1.48. The second-order valence-corrected chi connectivity index (χ2v) is 7.98. The predicted octanol–water partition coefficient (Wildman–Crippen LogP) is 4.05. The van der Waals surface area contributed by atoms with Crippen molar-refractivity contribution in [3.05, 3.63) is 41.3 Å². The molecule has 5 rings (SSSR count). The fourth-order valence-corrected chi connectivity index (χ4v) is 4.78. The molecule has 0 fully saturated rings. The van der Waals surface area contributed by atoms with Crippen LogP contribution in [0.25, 0.3) is 31.8 Å². The molecule has 0 saturated heterocycles. The van der Waals surface area contributed by atoms with E-state index in [1.54, 1.807) is 6.20 Å². The molecule has 1 atom stereocenters. The van der Waals surface area contributed by atoms with Gasteiger partial charge in [0.1, 0.15) is 11.1 Å². The molecule has 2 aromatic heterocycles. The predicted molar refractivity (Wildman–Crippen MR) is 109 cm³/mol. The number of hydrogen-bond acceptors (Lipinski definition) is 7. The number of aliphatic hydroxyl groups is 1. The number of aromatic nitrogens is 3. The van der Waals surface area contributed by atoms with Crippen molar-refractivity contribution in [3.63, 3.8) is 0 Å². The molecule has 0 bridgehead atoms. The van der Waals surface area contributed by atoms with Crippen LogP contribution in [0.2, 0.25) is 0 Å². The van der Waals surface area contributed by atoms with E-state index >= 15 is 0 Å². The van der Waals surface area contributed by atoms with E-state index in [0.717, 1.165) is 37.4 Å². The smallest absolute Gasteiger partial charge is 0.232 e. The second-order valence-electron chi connectivity index (χ2n) is 6.98. The Labute approximate surface area is 170 Å². The maximum Gasteiger partial charge on any atom is 0.232 e. The summed E-state index contributed by atoms with van der Waals surface area (Å²) in [6.07, 6.45) is 1.65. The lowest BCUT2D eigenvalue weighted by Crippen LogP contribution is -2.17. The molecule has 0 unspecified atom stereocenters. The monoisotopic (exact) mass is 411 g/mol. The van der Waals surface area contributed by atoms with E-state index in [4.69, 9.17) is 9.47 Å². The minimum absolute atomic E-state index is 0.151. The molecule has 3 heterocycles. The summed E-state index contributed by atoms with van der Waals surface area (Å²) in [5, 5.41) is 10.2. The molecule has 0 saturated carbocycles. The molecule has 0 amide bonds. The standard InChI is InChI=1S/C21H18FN3O3S/c1-3-27-17-8-23-18-12(4-10(2)5-15(18)24-17)21-25-16-7-14(22)19-13(20(16)29-21)6-11(9-26)28-19/h4-5,7-8,11,26H,3,6,9H2,1-2H3/t11-/m1/s1. The summed E-state index contributed by atoms with van der Waals surface area (Å²) in [5.41, 5.74) is 4.67. The fraction of sp³-hybridized carbons (Fsp3) is 0.286. The first-order chi connectivity index (χ1) is 14.1. The summed E-state index contributed by atoms with van der Waals surface area (Å²) in [5.74, 6) is 0.255. The number of aliphatic hydroxyl groups excluding tert-OH is 1. The van der Waals surface area contributed by atoms with Crippen LogP contribution in [0.5, 0.6) is 11.6 Å². The number of aryl methyl sites for hydroxylation is 1. The Hall–Kier alpha value is -2.84. The van der Waals surface area contributed by atoms with Gasteiger partial charge in [0.05, 0.1) is 40.7 Å². The minimum Gasteiger partial charge on any atom is -0.484 e. The lowest BCUT2D eigenvalue weighted by atomic mass is 10.1. The molecule has 2 aromatic carbocycles. The first-order valence-corrected chi connectivity index (χ1v) is 10.2. The average molecular weight is 411 g/mol. The van der Waals surface area contributed by atoms with E-state index in [1.807, 2.05) is 26.0 Å². The normalized spacial score (nSPS) is 15.7. The number of fused-ring (bicyclic) bond motifs is 4. The highest BCUT2D eigenvalue weighted by molar-refractivity contribution is 7.22. The quantitative estimate of drug-likeness (QED) is 0.546. The van der Waals surface area contributed by atoms with Gasteiger partial charge in [-0.25, -0.2) is 19.3 Å². The van der Waals surface area contributed by atoms with Crippen LogP contribution in [-0.2, 0) is 6.42 Å². The largest absolute Gasteiger partial charge is 0.484 e. The van der Waals surface area contributed by atoms with E-state index in [0.29, 0.717) is 24.4 Å². The molecule has 1 aliphatic heterocycles. The highest BCUT2D eigenvalue weighted by Crippen LogP contribution is 2.43. The molecule has 148 valence electrons. The van der Waals surface area contributed by atoms with Gasteiger partial charge in [0, 0.05) is 23.6 Å². The molecular weight excluding hydrogens is 393 g/mol. The Morgan fingerprint density at radius 2 is 2.14 bits per heavy atom. The van der Waals surface area contributed by atoms with Crippen LogP contribution >= 0.6 is 11.3 Å². The SMILES string of the molecule is CCOc1cnc2c(-c3nc4cc(F)c5c(c4s3)C[C@H](CO)O5)cc(C)cc2n1. The van der Waals surface area contributed by atoms with Gasteiger partial charge >= 0.3 is 0 Å². The summed E-state index contributed by atoms with van der Waals surface area (Å²) in [6, 6.07) is 5.36. The Morgan fingerprint density at radius 1 is 1.28 bits per heavy atom. The van der Waals surface area contributed by atoms with E-state index in [-0.39, 0.29) is 12.4 Å². The molecule has 0 spiro atoms. The Kier molecular flexibility index (Phi) is 4.33. The van der Waals surface area contributed by atoms with E-state index in [2.05, 4.69) is 15.0 Å². The lowest BCUT2D eigenvalue weighted by molar-refractivity contribution is 0.131. The maximum absolute atomic E-state index is 14.5. The first kappa shape index (κ1) is 18.2. The van der Waals surface area contributed by atoms with Crippen molar-refractivity contribution < 1.29 is 19.0 Å². The van der Waals surface area contributed by atoms with Crippen molar-refractivity contribution in [1.29, 1.82) is 0 Å². The van der Waals surface area contributed by atoms with Crippen molar-refractivity contribution in [1.82, 2.24) is 15.0 Å². The molecule has 6 nitrogen and oxygen atoms in total. The van der Waals surface area contributed by atoms with E-state index < -0.39 is 11.9 Å². The van der Waals surface area contributed by atoms with Gasteiger partial charge < -0.3 is 14.6 Å². The van der Waals surface area contributed by atoms with Crippen LogP contribution in [-0.4, -0.2) is 39.4 Å². The molecule has 8 heteroatoms. The zero-order valence-corrected chi connectivity index (χ0v) is 16.7.